The number of para-hydroxylation sites is 2. The highest BCUT2D eigenvalue weighted by molar-refractivity contribution is 5.93. The summed E-state index contributed by atoms with van der Waals surface area (Å²) < 4.78 is 11.2. The van der Waals surface area contributed by atoms with Crippen LogP contribution >= 0.6 is 0 Å². The van der Waals surface area contributed by atoms with E-state index in [4.69, 9.17) is 15.2 Å². The fraction of sp³-hybridized carbons (Fsp3) is 0.409. The number of methoxy groups -OCH3 is 1. The molecule has 28 heavy (non-hydrogen) atoms. The van der Waals surface area contributed by atoms with Crippen molar-refractivity contribution in [3.63, 3.8) is 0 Å². The van der Waals surface area contributed by atoms with E-state index in [1.165, 1.54) is 11.1 Å². The summed E-state index contributed by atoms with van der Waals surface area (Å²) in [6.07, 6.45) is 0.518. The van der Waals surface area contributed by atoms with Gasteiger partial charge < -0.3 is 20.5 Å². The average Bonchev–Trinajstić information content (AvgIpc) is 2.67. The summed E-state index contributed by atoms with van der Waals surface area (Å²) in [6.45, 7) is 7.56. The Morgan fingerprint density at radius 2 is 1.75 bits per heavy atom. The molecule has 6 heteroatoms. The smallest absolute Gasteiger partial charge is 0.193 e. The maximum absolute atomic E-state index is 6.10. The van der Waals surface area contributed by atoms with Gasteiger partial charge in [0.05, 0.1) is 31.5 Å². The van der Waals surface area contributed by atoms with Crippen molar-refractivity contribution in [2.45, 2.75) is 39.1 Å². The maximum atomic E-state index is 6.10. The molecular weight excluding hydrogens is 352 g/mol. The molecule has 1 aliphatic rings. The van der Waals surface area contributed by atoms with Crippen LogP contribution < -0.4 is 15.8 Å². The second-order valence-electron chi connectivity index (χ2n) is 7.25. The number of nitrogens with two attached hydrogens (primary N) is 1. The van der Waals surface area contributed by atoms with Gasteiger partial charge in [0, 0.05) is 19.6 Å². The number of nitrogens with one attached hydrogen (secondary N) is 1. The Kier molecular flexibility index (Phi) is 6.90. The van der Waals surface area contributed by atoms with Crippen molar-refractivity contribution in [3.8, 4) is 5.75 Å². The summed E-state index contributed by atoms with van der Waals surface area (Å²) in [5.74, 6) is 1.10. The Labute approximate surface area is 167 Å². The van der Waals surface area contributed by atoms with Crippen molar-refractivity contribution in [2.75, 3.05) is 25.5 Å². The molecule has 1 heterocycles. The molecule has 0 radical (unpaired) electrons. The summed E-state index contributed by atoms with van der Waals surface area (Å²) in [6, 6.07) is 16.0. The number of benzene rings is 2. The molecule has 0 spiro atoms. The van der Waals surface area contributed by atoms with E-state index >= 15 is 0 Å². The monoisotopic (exact) mass is 382 g/mol. The largest absolute Gasteiger partial charge is 0.495 e. The number of aliphatic imine (C=N–C) groups is 1. The van der Waals surface area contributed by atoms with Gasteiger partial charge in [0.15, 0.2) is 5.96 Å². The van der Waals surface area contributed by atoms with Crippen LogP contribution in [0.15, 0.2) is 53.5 Å². The van der Waals surface area contributed by atoms with E-state index in [1.54, 1.807) is 7.11 Å². The number of hydrogen-bond acceptors (Lipinski definition) is 4. The van der Waals surface area contributed by atoms with Gasteiger partial charge in [-0.05, 0) is 37.1 Å². The summed E-state index contributed by atoms with van der Waals surface area (Å²) in [7, 11) is 1.64. The molecule has 3 N–H and O–H groups in total. The fourth-order valence-electron chi connectivity index (χ4n) is 3.62. The first-order valence-corrected chi connectivity index (χ1v) is 9.69. The van der Waals surface area contributed by atoms with E-state index < -0.39 is 0 Å². The minimum atomic E-state index is 0.259. The topological polar surface area (TPSA) is 72.1 Å². The van der Waals surface area contributed by atoms with E-state index in [0.29, 0.717) is 12.5 Å². The van der Waals surface area contributed by atoms with Crippen LogP contribution in [0.3, 0.4) is 0 Å². The number of morpholine rings is 1. The molecular formula is C22H30N4O2. The Morgan fingerprint density at radius 1 is 1.11 bits per heavy atom. The van der Waals surface area contributed by atoms with Gasteiger partial charge in [-0.1, -0.05) is 36.4 Å². The first kappa shape index (κ1) is 20.2. The predicted molar refractivity (Wildman–Crippen MR) is 114 cm³/mol. The molecule has 6 nitrogen and oxygen atoms in total. The van der Waals surface area contributed by atoms with Gasteiger partial charge >= 0.3 is 0 Å². The highest BCUT2D eigenvalue weighted by Gasteiger charge is 2.22. The number of rotatable bonds is 6. The highest BCUT2D eigenvalue weighted by Crippen LogP contribution is 2.23. The first-order valence-electron chi connectivity index (χ1n) is 9.69. The second-order valence-corrected chi connectivity index (χ2v) is 7.25. The van der Waals surface area contributed by atoms with Crippen LogP contribution in [-0.2, 0) is 17.8 Å². The van der Waals surface area contributed by atoms with Crippen LogP contribution in [0.5, 0.6) is 5.75 Å². The molecule has 150 valence electrons. The molecule has 1 saturated heterocycles. The molecule has 0 aromatic heterocycles. The van der Waals surface area contributed by atoms with Gasteiger partial charge in [-0.25, -0.2) is 4.99 Å². The third kappa shape index (κ3) is 5.47. The van der Waals surface area contributed by atoms with Crippen molar-refractivity contribution in [2.24, 2.45) is 10.7 Å². The summed E-state index contributed by atoms with van der Waals surface area (Å²) >= 11 is 0. The first-order chi connectivity index (χ1) is 13.5. The number of anilines is 1. The van der Waals surface area contributed by atoms with Crippen LogP contribution in [0, 0.1) is 0 Å². The molecule has 0 aliphatic carbocycles. The lowest BCUT2D eigenvalue weighted by Gasteiger charge is -2.35. The van der Waals surface area contributed by atoms with Gasteiger partial charge in [0.25, 0.3) is 0 Å². The molecule has 3 rings (SSSR count). The third-order valence-corrected chi connectivity index (χ3v) is 4.80. The molecule has 1 aliphatic heterocycles. The lowest BCUT2D eigenvalue weighted by Crippen LogP contribution is -2.44. The van der Waals surface area contributed by atoms with Gasteiger partial charge in [-0.2, -0.15) is 0 Å². The molecule has 0 amide bonds. The minimum Gasteiger partial charge on any atom is -0.495 e. The van der Waals surface area contributed by atoms with Gasteiger partial charge in [0.2, 0.25) is 0 Å². The van der Waals surface area contributed by atoms with Crippen LogP contribution in [0.25, 0.3) is 0 Å². The lowest BCUT2D eigenvalue weighted by atomic mass is 10.1. The van der Waals surface area contributed by atoms with Gasteiger partial charge in [0.1, 0.15) is 5.75 Å². The third-order valence-electron chi connectivity index (χ3n) is 4.80. The van der Waals surface area contributed by atoms with E-state index in [-0.39, 0.29) is 12.2 Å². The molecule has 0 bridgehead atoms. The van der Waals surface area contributed by atoms with E-state index in [2.05, 4.69) is 47.3 Å². The molecule has 0 saturated carbocycles. The number of nitrogens with zero attached hydrogens (tertiary/aromatic N) is 2. The number of hydrogen-bond donors (Lipinski definition) is 2. The number of ether oxygens (including phenoxy) is 2. The fourth-order valence-corrected chi connectivity index (χ4v) is 3.62. The molecule has 2 atom stereocenters. The standard InChI is InChI=1S/C22H30N4O2/c1-16-13-26(14-17(2)28-16)15-19-9-5-4-8-18(19)12-24-22(23)25-20-10-6-7-11-21(20)27-3/h4-11,16-17H,12-15H2,1-3H3,(H3,23,24,25). The SMILES string of the molecule is COc1ccccc1NC(N)=NCc1ccccc1CN1CC(C)OC(C)C1. The predicted octanol–water partition coefficient (Wildman–Crippen LogP) is 3.23. The van der Waals surface area contributed by atoms with E-state index in [9.17, 15) is 0 Å². The zero-order chi connectivity index (χ0) is 19.9. The summed E-state index contributed by atoms with van der Waals surface area (Å²) in [5.41, 5.74) is 9.36. The van der Waals surface area contributed by atoms with Gasteiger partial charge in [-0.3, -0.25) is 4.90 Å². The van der Waals surface area contributed by atoms with Crippen LogP contribution in [0.2, 0.25) is 0 Å². The van der Waals surface area contributed by atoms with Crippen molar-refractivity contribution < 1.29 is 9.47 Å². The quantitative estimate of drug-likeness (QED) is 0.593. The Hall–Kier alpha value is -2.57. The zero-order valence-corrected chi connectivity index (χ0v) is 16.9. The normalized spacial score (nSPS) is 20.8. The van der Waals surface area contributed by atoms with Gasteiger partial charge in [-0.15, -0.1) is 0 Å². The zero-order valence-electron chi connectivity index (χ0n) is 16.9. The van der Waals surface area contributed by atoms with Crippen molar-refractivity contribution in [3.05, 3.63) is 59.7 Å². The van der Waals surface area contributed by atoms with E-state index in [0.717, 1.165) is 31.1 Å². The molecule has 2 aromatic carbocycles. The van der Waals surface area contributed by atoms with Crippen LogP contribution in [0.4, 0.5) is 5.69 Å². The van der Waals surface area contributed by atoms with Crippen LogP contribution in [0.1, 0.15) is 25.0 Å². The Morgan fingerprint density at radius 3 is 2.46 bits per heavy atom. The highest BCUT2D eigenvalue weighted by atomic mass is 16.5. The maximum Gasteiger partial charge on any atom is 0.193 e. The molecule has 1 fully saturated rings. The van der Waals surface area contributed by atoms with Crippen molar-refractivity contribution in [1.29, 1.82) is 0 Å². The second kappa shape index (κ2) is 9.57. The van der Waals surface area contributed by atoms with Crippen molar-refractivity contribution >= 4 is 11.6 Å². The van der Waals surface area contributed by atoms with E-state index in [1.807, 2.05) is 30.3 Å². The molecule has 2 unspecified atom stereocenters. The van der Waals surface area contributed by atoms with Crippen molar-refractivity contribution in [1.82, 2.24) is 4.90 Å². The lowest BCUT2D eigenvalue weighted by molar-refractivity contribution is -0.0705. The Balaban J connectivity index is 1.66. The van der Waals surface area contributed by atoms with Crippen LogP contribution in [-0.4, -0.2) is 43.3 Å². The molecule has 2 aromatic rings. The average molecular weight is 383 g/mol. The summed E-state index contributed by atoms with van der Waals surface area (Å²) in [5, 5.41) is 3.12. The minimum absolute atomic E-state index is 0.259. The Bertz CT molecular complexity index is 799. The number of guanidine groups is 1. The summed E-state index contributed by atoms with van der Waals surface area (Å²) in [4.78, 5) is 6.98.